The zero-order valence-corrected chi connectivity index (χ0v) is 16.8. The van der Waals surface area contributed by atoms with Crippen LogP contribution in [0.2, 0.25) is 0 Å². The highest BCUT2D eigenvalue weighted by atomic mass is 35.5. The Balaban J connectivity index is 0.00000225. The lowest BCUT2D eigenvalue weighted by Crippen LogP contribution is -2.27. The minimum Gasteiger partial charge on any atom is -0.354 e. The summed E-state index contributed by atoms with van der Waals surface area (Å²) in [5, 5.41) is 2.85. The lowest BCUT2D eigenvalue weighted by Gasteiger charge is -2.21. The van der Waals surface area contributed by atoms with Crippen LogP contribution in [-0.4, -0.2) is 29.5 Å². The summed E-state index contributed by atoms with van der Waals surface area (Å²) in [6.45, 7) is 12.5. The van der Waals surface area contributed by atoms with Crippen molar-refractivity contribution in [2.45, 2.75) is 47.0 Å². The SMILES string of the molecule is CCCN(CCC)CCc1cccc2[nH]c3c(C)ccc(C)c3c12.Cl. The second kappa shape index (κ2) is 8.73. The van der Waals surface area contributed by atoms with Crippen molar-refractivity contribution in [3.8, 4) is 0 Å². The van der Waals surface area contributed by atoms with Crippen LogP contribution in [-0.2, 0) is 6.42 Å². The second-order valence-corrected chi connectivity index (χ2v) is 7.01. The molecule has 136 valence electrons. The van der Waals surface area contributed by atoms with Gasteiger partial charge in [0.05, 0.1) is 0 Å². The van der Waals surface area contributed by atoms with Crippen molar-refractivity contribution >= 4 is 34.2 Å². The van der Waals surface area contributed by atoms with E-state index < -0.39 is 0 Å². The van der Waals surface area contributed by atoms with Crippen molar-refractivity contribution in [2.24, 2.45) is 0 Å². The van der Waals surface area contributed by atoms with E-state index in [0.717, 1.165) is 13.0 Å². The number of aromatic amines is 1. The lowest BCUT2D eigenvalue weighted by molar-refractivity contribution is 0.278. The van der Waals surface area contributed by atoms with Gasteiger partial charge in [-0.05, 0) is 69.0 Å². The van der Waals surface area contributed by atoms with E-state index in [0.29, 0.717) is 0 Å². The van der Waals surface area contributed by atoms with Gasteiger partial charge in [0.15, 0.2) is 0 Å². The maximum atomic E-state index is 3.65. The average Bonchev–Trinajstić information content (AvgIpc) is 2.98. The number of fused-ring (bicyclic) bond motifs is 3. The summed E-state index contributed by atoms with van der Waals surface area (Å²) in [4.78, 5) is 6.25. The van der Waals surface area contributed by atoms with E-state index in [1.807, 2.05) is 0 Å². The van der Waals surface area contributed by atoms with E-state index in [1.54, 1.807) is 0 Å². The van der Waals surface area contributed by atoms with E-state index >= 15 is 0 Å². The van der Waals surface area contributed by atoms with Gasteiger partial charge in [-0.2, -0.15) is 0 Å². The van der Waals surface area contributed by atoms with Crippen LogP contribution < -0.4 is 0 Å². The van der Waals surface area contributed by atoms with Crippen molar-refractivity contribution < 1.29 is 0 Å². The number of nitrogens with one attached hydrogen (secondary N) is 1. The molecule has 0 aliphatic rings. The number of hydrogen-bond donors (Lipinski definition) is 1. The number of H-pyrrole nitrogens is 1. The van der Waals surface area contributed by atoms with E-state index in [4.69, 9.17) is 0 Å². The highest BCUT2D eigenvalue weighted by Gasteiger charge is 2.13. The molecular weight excluding hydrogens is 328 g/mol. The van der Waals surface area contributed by atoms with E-state index in [2.05, 4.69) is 67.9 Å². The molecule has 2 nitrogen and oxygen atoms in total. The van der Waals surface area contributed by atoms with Crippen LogP contribution in [0.25, 0.3) is 21.8 Å². The van der Waals surface area contributed by atoms with Gasteiger partial charge < -0.3 is 9.88 Å². The lowest BCUT2D eigenvalue weighted by atomic mass is 9.99. The standard InChI is InChI=1S/C22H30N2.ClH/c1-5-13-24(14-6-2)15-12-18-8-7-9-19-21(18)20-16(3)10-11-17(4)22(20)23-19;/h7-11,23H,5-6,12-15H2,1-4H3;1H. The number of nitrogens with zero attached hydrogens (tertiary/aromatic N) is 1. The van der Waals surface area contributed by atoms with Crippen molar-refractivity contribution in [2.75, 3.05) is 19.6 Å². The Bertz CT molecular complexity index is 829. The minimum atomic E-state index is 0. The fourth-order valence-electron chi connectivity index (χ4n) is 3.88. The molecule has 0 bridgehead atoms. The van der Waals surface area contributed by atoms with Gasteiger partial charge in [-0.3, -0.25) is 0 Å². The van der Waals surface area contributed by atoms with Crippen LogP contribution in [0, 0.1) is 13.8 Å². The molecule has 0 atom stereocenters. The van der Waals surface area contributed by atoms with Crippen LogP contribution >= 0.6 is 12.4 Å². The Morgan fingerprint density at radius 2 is 1.52 bits per heavy atom. The molecule has 3 rings (SSSR count). The summed E-state index contributed by atoms with van der Waals surface area (Å²) in [5.41, 5.74) is 6.75. The molecule has 0 radical (unpaired) electrons. The van der Waals surface area contributed by atoms with Crippen LogP contribution in [0.4, 0.5) is 0 Å². The number of halogens is 1. The number of aromatic nitrogens is 1. The minimum absolute atomic E-state index is 0. The predicted octanol–water partition coefficient (Wildman–Crippen LogP) is 6.02. The normalized spacial score (nSPS) is 11.4. The Kier molecular flexibility index (Phi) is 6.92. The third kappa shape index (κ3) is 4.02. The summed E-state index contributed by atoms with van der Waals surface area (Å²) in [6.07, 6.45) is 3.59. The zero-order chi connectivity index (χ0) is 17.1. The smallest absolute Gasteiger partial charge is 0.0497 e. The van der Waals surface area contributed by atoms with Gasteiger partial charge >= 0.3 is 0 Å². The van der Waals surface area contributed by atoms with Crippen LogP contribution in [0.1, 0.15) is 43.4 Å². The van der Waals surface area contributed by atoms with Gasteiger partial charge in [0, 0.05) is 28.4 Å². The highest BCUT2D eigenvalue weighted by molar-refractivity contribution is 6.11. The molecule has 0 aliphatic carbocycles. The Morgan fingerprint density at radius 1 is 0.840 bits per heavy atom. The highest BCUT2D eigenvalue weighted by Crippen LogP contribution is 2.32. The van der Waals surface area contributed by atoms with Crippen molar-refractivity contribution in [1.29, 1.82) is 0 Å². The maximum Gasteiger partial charge on any atom is 0.0497 e. The Morgan fingerprint density at radius 3 is 2.20 bits per heavy atom. The summed E-state index contributed by atoms with van der Waals surface area (Å²) in [6, 6.07) is 11.2. The predicted molar refractivity (Wildman–Crippen MR) is 113 cm³/mol. The molecule has 2 aromatic carbocycles. The summed E-state index contributed by atoms with van der Waals surface area (Å²) < 4.78 is 0. The van der Waals surface area contributed by atoms with Gasteiger partial charge in [-0.1, -0.05) is 38.1 Å². The molecule has 0 aliphatic heterocycles. The van der Waals surface area contributed by atoms with E-state index in [1.165, 1.54) is 64.4 Å². The van der Waals surface area contributed by atoms with Crippen LogP contribution in [0.15, 0.2) is 30.3 Å². The fraction of sp³-hybridized carbons (Fsp3) is 0.455. The van der Waals surface area contributed by atoms with Crippen molar-refractivity contribution in [3.63, 3.8) is 0 Å². The Labute approximate surface area is 158 Å². The zero-order valence-electron chi connectivity index (χ0n) is 16.0. The first kappa shape index (κ1) is 19.8. The number of hydrogen-bond acceptors (Lipinski definition) is 1. The third-order valence-corrected chi connectivity index (χ3v) is 5.06. The summed E-state index contributed by atoms with van der Waals surface area (Å²) >= 11 is 0. The molecule has 0 amide bonds. The topological polar surface area (TPSA) is 19.0 Å². The summed E-state index contributed by atoms with van der Waals surface area (Å²) in [7, 11) is 0. The van der Waals surface area contributed by atoms with Crippen molar-refractivity contribution in [1.82, 2.24) is 9.88 Å². The Hall–Kier alpha value is -1.51. The molecule has 1 aromatic heterocycles. The molecule has 25 heavy (non-hydrogen) atoms. The van der Waals surface area contributed by atoms with Crippen LogP contribution in [0.5, 0.6) is 0 Å². The van der Waals surface area contributed by atoms with Crippen molar-refractivity contribution in [3.05, 3.63) is 47.0 Å². The van der Waals surface area contributed by atoms with Crippen LogP contribution in [0.3, 0.4) is 0 Å². The molecule has 3 aromatic rings. The molecule has 1 heterocycles. The quantitative estimate of drug-likeness (QED) is 0.546. The average molecular weight is 359 g/mol. The van der Waals surface area contributed by atoms with Gasteiger partial charge in [-0.25, -0.2) is 0 Å². The summed E-state index contributed by atoms with van der Waals surface area (Å²) in [5.74, 6) is 0. The van der Waals surface area contributed by atoms with Gasteiger partial charge in [0.1, 0.15) is 0 Å². The first-order chi connectivity index (χ1) is 11.7. The molecule has 0 saturated heterocycles. The first-order valence-electron chi connectivity index (χ1n) is 9.37. The molecule has 3 heteroatoms. The molecule has 0 unspecified atom stereocenters. The first-order valence-corrected chi connectivity index (χ1v) is 9.37. The second-order valence-electron chi connectivity index (χ2n) is 7.01. The fourth-order valence-corrected chi connectivity index (χ4v) is 3.88. The molecule has 0 spiro atoms. The number of rotatable bonds is 7. The van der Waals surface area contributed by atoms with E-state index in [9.17, 15) is 0 Å². The molecular formula is C22H31ClN2. The number of aryl methyl sites for hydroxylation is 2. The van der Waals surface area contributed by atoms with Gasteiger partial charge in [0.25, 0.3) is 0 Å². The largest absolute Gasteiger partial charge is 0.354 e. The molecule has 1 N–H and O–H groups in total. The molecule has 0 saturated carbocycles. The van der Waals surface area contributed by atoms with Gasteiger partial charge in [0.2, 0.25) is 0 Å². The van der Waals surface area contributed by atoms with Gasteiger partial charge in [-0.15, -0.1) is 12.4 Å². The maximum absolute atomic E-state index is 3.65. The monoisotopic (exact) mass is 358 g/mol. The third-order valence-electron chi connectivity index (χ3n) is 5.06. The number of benzene rings is 2. The van der Waals surface area contributed by atoms with E-state index in [-0.39, 0.29) is 12.4 Å². The molecule has 0 fully saturated rings.